The van der Waals surface area contributed by atoms with Crippen LogP contribution in [0.4, 0.5) is 0 Å². The number of carbonyl (C=O) groups is 1. The zero-order valence-corrected chi connectivity index (χ0v) is 10.9. The van der Waals surface area contributed by atoms with E-state index in [1.165, 1.54) is 0 Å². The van der Waals surface area contributed by atoms with Gasteiger partial charge in [-0.15, -0.1) is 0 Å². The molecule has 0 saturated heterocycles. The molecule has 0 aromatic carbocycles. The van der Waals surface area contributed by atoms with Gasteiger partial charge in [0.15, 0.2) is 11.3 Å². The molecule has 7 heteroatoms. The lowest BCUT2D eigenvalue weighted by Gasteiger charge is -2.24. The van der Waals surface area contributed by atoms with Crippen LogP contribution in [0.2, 0.25) is 0 Å². The van der Waals surface area contributed by atoms with Crippen molar-refractivity contribution >= 4 is 17.0 Å². The lowest BCUT2D eigenvalue weighted by Crippen LogP contribution is -2.33. The van der Waals surface area contributed by atoms with E-state index in [0.717, 1.165) is 37.9 Å². The van der Waals surface area contributed by atoms with E-state index in [-0.39, 0.29) is 16.6 Å². The average Bonchev–Trinajstić information content (AvgIpc) is 3.07. The first-order valence-corrected chi connectivity index (χ1v) is 6.75. The summed E-state index contributed by atoms with van der Waals surface area (Å²) in [5.41, 5.74) is 6.69. The van der Waals surface area contributed by atoms with Gasteiger partial charge in [-0.1, -0.05) is 0 Å². The fourth-order valence-corrected chi connectivity index (χ4v) is 3.78. The van der Waals surface area contributed by atoms with Crippen molar-refractivity contribution < 1.29 is 9.90 Å². The number of nitrogens with one attached hydrogen (secondary N) is 1. The summed E-state index contributed by atoms with van der Waals surface area (Å²) in [5.74, 6) is -0.302. The van der Waals surface area contributed by atoms with Crippen molar-refractivity contribution in [1.82, 2.24) is 20.2 Å². The number of fused-ring (bicyclic) bond motifs is 3. The van der Waals surface area contributed by atoms with Gasteiger partial charge in [-0.3, -0.25) is 5.10 Å². The largest absolute Gasteiger partial charge is 0.476 e. The molecular formula is C13H15N5O2. The molecule has 0 radical (unpaired) electrons. The van der Waals surface area contributed by atoms with Gasteiger partial charge in [0, 0.05) is 17.2 Å². The molecule has 2 heterocycles. The summed E-state index contributed by atoms with van der Waals surface area (Å²) in [7, 11) is 0. The summed E-state index contributed by atoms with van der Waals surface area (Å²) in [6.07, 6.45) is 6.53. The number of aromatic carboxylic acids is 1. The summed E-state index contributed by atoms with van der Waals surface area (Å²) in [5, 5.41) is 16.0. The molecule has 2 aliphatic carbocycles. The molecule has 2 aromatic rings. The Hall–Kier alpha value is -2.02. The monoisotopic (exact) mass is 273 g/mol. The Bertz CT molecular complexity index is 715. The molecule has 4 rings (SSSR count). The molecule has 7 nitrogen and oxygen atoms in total. The maximum Gasteiger partial charge on any atom is 0.357 e. The van der Waals surface area contributed by atoms with Crippen LogP contribution in [0.15, 0.2) is 6.20 Å². The maximum absolute atomic E-state index is 11.0. The summed E-state index contributed by atoms with van der Waals surface area (Å²) < 4.78 is 0. The van der Waals surface area contributed by atoms with Crippen molar-refractivity contribution in [3.63, 3.8) is 0 Å². The van der Waals surface area contributed by atoms with Gasteiger partial charge in [-0.25, -0.2) is 14.8 Å². The first kappa shape index (κ1) is 11.8. The van der Waals surface area contributed by atoms with Gasteiger partial charge in [0.25, 0.3) is 0 Å². The number of hydrogen-bond donors (Lipinski definition) is 3. The highest BCUT2D eigenvalue weighted by molar-refractivity contribution is 5.99. The van der Waals surface area contributed by atoms with Crippen molar-refractivity contribution in [2.45, 2.75) is 43.1 Å². The third kappa shape index (κ3) is 1.44. The number of H-pyrrole nitrogens is 1. The fraction of sp³-hybridized carbons (Fsp3) is 0.538. The van der Waals surface area contributed by atoms with E-state index in [0.29, 0.717) is 11.0 Å². The Balaban J connectivity index is 1.81. The van der Waals surface area contributed by atoms with Crippen LogP contribution in [-0.4, -0.2) is 36.8 Å². The van der Waals surface area contributed by atoms with Gasteiger partial charge in [-0.2, -0.15) is 5.10 Å². The molecule has 0 atom stereocenters. The SMILES string of the molecule is NC12CCC(c3ncc4c(C(=O)O)n[nH]c4n3)(CC1)C2. The van der Waals surface area contributed by atoms with Gasteiger partial charge >= 0.3 is 5.97 Å². The second kappa shape index (κ2) is 3.54. The van der Waals surface area contributed by atoms with E-state index < -0.39 is 5.97 Å². The van der Waals surface area contributed by atoms with E-state index >= 15 is 0 Å². The molecule has 2 saturated carbocycles. The first-order chi connectivity index (χ1) is 9.51. The lowest BCUT2D eigenvalue weighted by atomic mass is 9.83. The van der Waals surface area contributed by atoms with Crippen LogP contribution in [0.1, 0.15) is 48.4 Å². The Morgan fingerprint density at radius 3 is 2.70 bits per heavy atom. The number of carboxylic acids is 1. The Morgan fingerprint density at radius 1 is 1.35 bits per heavy atom. The van der Waals surface area contributed by atoms with Crippen LogP contribution in [0.25, 0.3) is 11.0 Å². The third-order valence-corrected chi connectivity index (χ3v) is 4.89. The van der Waals surface area contributed by atoms with Gasteiger partial charge in [0.2, 0.25) is 0 Å². The second-order valence-corrected chi connectivity index (χ2v) is 6.15. The minimum absolute atomic E-state index is 0.0303. The topological polar surface area (TPSA) is 118 Å². The van der Waals surface area contributed by atoms with Gasteiger partial charge in [-0.05, 0) is 32.1 Å². The molecule has 2 fully saturated rings. The minimum atomic E-state index is -1.08. The van der Waals surface area contributed by atoms with Crippen molar-refractivity contribution in [3.05, 3.63) is 17.7 Å². The molecule has 0 spiro atoms. The molecule has 104 valence electrons. The fourth-order valence-electron chi connectivity index (χ4n) is 3.78. The predicted octanol–water partition coefficient (Wildman–Crippen LogP) is 0.964. The summed E-state index contributed by atoms with van der Waals surface area (Å²) in [4.78, 5) is 20.0. The number of nitrogens with zero attached hydrogens (tertiary/aromatic N) is 3. The number of aromatic amines is 1. The molecule has 0 amide bonds. The number of rotatable bonds is 2. The number of nitrogens with two attached hydrogens (primary N) is 1. The molecule has 2 aliphatic rings. The Morgan fingerprint density at radius 2 is 2.10 bits per heavy atom. The Kier molecular flexibility index (Phi) is 2.09. The van der Waals surface area contributed by atoms with Crippen molar-refractivity contribution in [2.24, 2.45) is 5.73 Å². The van der Waals surface area contributed by atoms with Gasteiger partial charge in [0.05, 0.1) is 5.39 Å². The number of aromatic nitrogens is 4. The maximum atomic E-state index is 11.0. The third-order valence-electron chi connectivity index (χ3n) is 4.89. The quantitative estimate of drug-likeness (QED) is 0.750. The molecule has 2 aromatic heterocycles. The first-order valence-electron chi connectivity index (χ1n) is 6.75. The van der Waals surface area contributed by atoms with E-state index in [2.05, 4.69) is 20.2 Å². The van der Waals surface area contributed by atoms with Crippen molar-refractivity contribution in [1.29, 1.82) is 0 Å². The van der Waals surface area contributed by atoms with Crippen LogP contribution in [0.3, 0.4) is 0 Å². The van der Waals surface area contributed by atoms with E-state index in [4.69, 9.17) is 10.8 Å². The second-order valence-electron chi connectivity index (χ2n) is 6.15. The average molecular weight is 273 g/mol. The molecule has 0 unspecified atom stereocenters. The van der Waals surface area contributed by atoms with Crippen LogP contribution in [0, 0.1) is 0 Å². The minimum Gasteiger partial charge on any atom is -0.476 e. The van der Waals surface area contributed by atoms with Crippen molar-refractivity contribution in [3.8, 4) is 0 Å². The molecule has 4 N–H and O–H groups in total. The highest BCUT2D eigenvalue weighted by Gasteiger charge is 2.54. The van der Waals surface area contributed by atoms with Crippen LogP contribution in [-0.2, 0) is 5.41 Å². The number of hydrogen-bond acceptors (Lipinski definition) is 5. The molecular weight excluding hydrogens is 258 g/mol. The summed E-state index contributed by atoms with van der Waals surface area (Å²) in [6.45, 7) is 0. The highest BCUT2D eigenvalue weighted by atomic mass is 16.4. The zero-order valence-electron chi connectivity index (χ0n) is 10.9. The normalized spacial score (nSPS) is 32.0. The number of carboxylic acid groups (broad SMARTS) is 1. The zero-order chi connectivity index (χ0) is 14.0. The van der Waals surface area contributed by atoms with Crippen molar-refractivity contribution in [2.75, 3.05) is 0 Å². The smallest absolute Gasteiger partial charge is 0.357 e. The van der Waals surface area contributed by atoms with E-state index in [1.54, 1.807) is 6.20 Å². The molecule has 0 aliphatic heterocycles. The highest BCUT2D eigenvalue weighted by Crippen LogP contribution is 2.55. The van der Waals surface area contributed by atoms with Crippen LogP contribution < -0.4 is 5.73 Å². The van der Waals surface area contributed by atoms with Gasteiger partial charge < -0.3 is 10.8 Å². The van der Waals surface area contributed by atoms with Gasteiger partial charge in [0.1, 0.15) is 5.82 Å². The predicted molar refractivity (Wildman–Crippen MR) is 70.3 cm³/mol. The molecule has 2 bridgehead atoms. The molecule has 20 heavy (non-hydrogen) atoms. The van der Waals surface area contributed by atoms with E-state index in [9.17, 15) is 4.79 Å². The lowest BCUT2D eigenvalue weighted by molar-refractivity contribution is 0.0692. The summed E-state index contributed by atoms with van der Waals surface area (Å²) in [6, 6.07) is 0. The Labute approximate surface area is 114 Å². The standard InChI is InChI=1S/C13H15N5O2/c14-13-3-1-12(6-13,2-4-13)11-15-5-7-8(10(19)20)17-18-9(7)16-11/h5H,1-4,6,14H2,(H,19,20)(H,15,16,17,18). The van der Waals surface area contributed by atoms with Crippen LogP contribution >= 0.6 is 0 Å². The summed E-state index contributed by atoms with van der Waals surface area (Å²) >= 11 is 0. The van der Waals surface area contributed by atoms with Crippen LogP contribution in [0.5, 0.6) is 0 Å². The van der Waals surface area contributed by atoms with E-state index in [1.807, 2.05) is 0 Å².